The highest BCUT2D eigenvalue weighted by atomic mass is 32.1. The van der Waals surface area contributed by atoms with E-state index >= 15 is 0 Å². The Bertz CT molecular complexity index is 241. The molecule has 0 aliphatic rings. The van der Waals surface area contributed by atoms with Crippen molar-refractivity contribution in [3.8, 4) is 0 Å². The standard InChI is InChI=1S/C9H13NOS/c1-10(2)9(11)4-3-8-5-6-12-7-8/h5-7H,3-4H2,1-2H3. The molecule has 0 saturated carbocycles. The second-order valence-electron chi connectivity index (χ2n) is 2.92. The first-order valence-electron chi connectivity index (χ1n) is 3.91. The van der Waals surface area contributed by atoms with Gasteiger partial charge in [-0.25, -0.2) is 0 Å². The van der Waals surface area contributed by atoms with Crippen molar-refractivity contribution >= 4 is 17.2 Å². The van der Waals surface area contributed by atoms with Gasteiger partial charge in [-0.2, -0.15) is 11.3 Å². The molecule has 0 spiro atoms. The van der Waals surface area contributed by atoms with Gasteiger partial charge in [0.2, 0.25) is 5.91 Å². The van der Waals surface area contributed by atoms with Crippen molar-refractivity contribution in [3.63, 3.8) is 0 Å². The van der Waals surface area contributed by atoms with Crippen LogP contribution in [-0.2, 0) is 11.2 Å². The van der Waals surface area contributed by atoms with Crippen molar-refractivity contribution in [1.29, 1.82) is 0 Å². The summed E-state index contributed by atoms with van der Waals surface area (Å²) in [6, 6.07) is 2.06. The van der Waals surface area contributed by atoms with E-state index in [1.165, 1.54) is 5.56 Å². The lowest BCUT2D eigenvalue weighted by Crippen LogP contribution is -2.21. The SMILES string of the molecule is CN(C)C(=O)CCc1ccsc1. The van der Waals surface area contributed by atoms with Gasteiger partial charge >= 0.3 is 0 Å². The second-order valence-corrected chi connectivity index (χ2v) is 3.70. The molecule has 1 amide bonds. The molecule has 1 aromatic rings. The summed E-state index contributed by atoms with van der Waals surface area (Å²) in [6.07, 6.45) is 1.48. The van der Waals surface area contributed by atoms with Gasteiger partial charge in [-0.15, -0.1) is 0 Å². The summed E-state index contributed by atoms with van der Waals surface area (Å²) < 4.78 is 0. The minimum atomic E-state index is 0.196. The number of aryl methyl sites for hydroxylation is 1. The molecule has 0 fully saturated rings. The van der Waals surface area contributed by atoms with Gasteiger partial charge in [-0.1, -0.05) is 0 Å². The third-order valence-corrected chi connectivity index (χ3v) is 2.44. The molecule has 66 valence electrons. The highest BCUT2D eigenvalue weighted by Crippen LogP contribution is 2.08. The zero-order valence-electron chi connectivity index (χ0n) is 7.41. The van der Waals surface area contributed by atoms with Gasteiger partial charge in [0.25, 0.3) is 0 Å². The Morgan fingerprint density at radius 3 is 2.83 bits per heavy atom. The van der Waals surface area contributed by atoms with Crippen molar-refractivity contribution in [3.05, 3.63) is 22.4 Å². The van der Waals surface area contributed by atoms with E-state index in [0.29, 0.717) is 6.42 Å². The Balaban J connectivity index is 2.32. The quantitative estimate of drug-likeness (QED) is 0.699. The normalized spacial score (nSPS) is 9.83. The fourth-order valence-electron chi connectivity index (χ4n) is 0.910. The van der Waals surface area contributed by atoms with E-state index < -0.39 is 0 Å². The lowest BCUT2D eigenvalue weighted by Gasteiger charge is -2.08. The van der Waals surface area contributed by atoms with Crippen LogP contribution in [0.25, 0.3) is 0 Å². The number of rotatable bonds is 3. The van der Waals surface area contributed by atoms with Crippen molar-refractivity contribution in [2.24, 2.45) is 0 Å². The number of amides is 1. The Morgan fingerprint density at radius 2 is 2.33 bits per heavy atom. The molecule has 0 bridgehead atoms. The molecule has 0 unspecified atom stereocenters. The molecule has 0 aromatic carbocycles. The maximum absolute atomic E-state index is 11.2. The van der Waals surface area contributed by atoms with E-state index in [0.717, 1.165) is 6.42 Å². The predicted octanol–water partition coefficient (Wildman–Crippen LogP) is 1.77. The van der Waals surface area contributed by atoms with Crippen molar-refractivity contribution in [2.45, 2.75) is 12.8 Å². The number of carbonyl (C=O) groups excluding carboxylic acids is 1. The van der Waals surface area contributed by atoms with Gasteiger partial charge in [-0.05, 0) is 28.8 Å². The molecule has 1 heterocycles. The number of thiophene rings is 1. The van der Waals surface area contributed by atoms with E-state index in [2.05, 4.69) is 11.4 Å². The molecular weight excluding hydrogens is 170 g/mol. The van der Waals surface area contributed by atoms with Crippen molar-refractivity contribution < 1.29 is 4.79 Å². The van der Waals surface area contributed by atoms with Crippen LogP contribution >= 0.6 is 11.3 Å². The lowest BCUT2D eigenvalue weighted by molar-refractivity contribution is -0.128. The maximum Gasteiger partial charge on any atom is 0.222 e. The topological polar surface area (TPSA) is 20.3 Å². The number of nitrogens with zero attached hydrogens (tertiary/aromatic N) is 1. The predicted molar refractivity (Wildman–Crippen MR) is 51.3 cm³/mol. The Morgan fingerprint density at radius 1 is 1.58 bits per heavy atom. The summed E-state index contributed by atoms with van der Waals surface area (Å²) >= 11 is 1.67. The fourth-order valence-corrected chi connectivity index (χ4v) is 1.61. The van der Waals surface area contributed by atoms with Gasteiger partial charge < -0.3 is 4.90 Å². The second kappa shape index (κ2) is 4.26. The van der Waals surface area contributed by atoms with Crippen LogP contribution in [0.1, 0.15) is 12.0 Å². The van der Waals surface area contributed by atoms with Crippen LogP contribution in [0.15, 0.2) is 16.8 Å². The molecule has 0 saturated heterocycles. The summed E-state index contributed by atoms with van der Waals surface area (Å²) in [5.74, 6) is 0.196. The summed E-state index contributed by atoms with van der Waals surface area (Å²) in [6.45, 7) is 0. The van der Waals surface area contributed by atoms with Crippen LogP contribution in [0, 0.1) is 0 Å². The lowest BCUT2D eigenvalue weighted by atomic mass is 10.2. The molecule has 1 rings (SSSR count). The van der Waals surface area contributed by atoms with E-state index in [1.54, 1.807) is 30.3 Å². The van der Waals surface area contributed by atoms with E-state index in [-0.39, 0.29) is 5.91 Å². The number of carbonyl (C=O) groups is 1. The molecule has 0 radical (unpaired) electrons. The largest absolute Gasteiger partial charge is 0.349 e. The summed E-state index contributed by atoms with van der Waals surface area (Å²) in [5.41, 5.74) is 1.26. The third-order valence-electron chi connectivity index (χ3n) is 1.71. The van der Waals surface area contributed by atoms with E-state index in [1.807, 2.05) is 5.38 Å². The zero-order chi connectivity index (χ0) is 8.97. The van der Waals surface area contributed by atoms with Crippen LogP contribution < -0.4 is 0 Å². The average molecular weight is 183 g/mol. The summed E-state index contributed by atoms with van der Waals surface area (Å²) in [7, 11) is 3.58. The minimum absolute atomic E-state index is 0.196. The first-order valence-corrected chi connectivity index (χ1v) is 4.85. The molecular formula is C9H13NOS. The van der Waals surface area contributed by atoms with Crippen LogP contribution in [0.4, 0.5) is 0 Å². The van der Waals surface area contributed by atoms with Crippen molar-refractivity contribution in [2.75, 3.05) is 14.1 Å². The van der Waals surface area contributed by atoms with E-state index in [9.17, 15) is 4.79 Å². The summed E-state index contributed by atoms with van der Waals surface area (Å²) in [5, 5.41) is 4.12. The number of hydrogen-bond donors (Lipinski definition) is 0. The van der Waals surface area contributed by atoms with Gasteiger partial charge in [0.1, 0.15) is 0 Å². The highest BCUT2D eigenvalue weighted by Gasteiger charge is 2.03. The van der Waals surface area contributed by atoms with Gasteiger partial charge in [-0.3, -0.25) is 4.79 Å². The van der Waals surface area contributed by atoms with Crippen LogP contribution in [-0.4, -0.2) is 24.9 Å². The molecule has 2 nitrogen and oxygen atoms in total. The van der Waals surface area contributed by atoms with Gasteiger partial charge in [0.05, 0.1) is 0 Å². The first-order chi connectivity index (χ1) is 5.70. The molecule has 1 aromatic heterocycles. The van der Waals surface area contributed by atoms with Crippen LogP contribution in [0.5, 0.6) is 0 Å². The van der Waals surface area contributed by atoms with E-state index in [4.69, 9.17) is 0 Å². The Hall–Kier alpha value is -0.830. The molecule has 0 aliphatic heterocycles. The van der Waals surface area contributed by atoms with Crippen LogP contribution in [0.2, 0.25) is 0 Å². The number of hydrogen-bond acceptors (Lipinski definition) is 2. The molecule has 12 heavy (non-hydrogen) atoms. The van der Waals surface area contributed by atoms with Crippen LogP contribution in [0.3, 0.4) is 0 Å². The van der Waals surface area contributed by atoms with Gasteiger partial charge in [0.15, 0.2) is 0 Å². The molecule has 0 aliphatic carbocycles. The highest BCUT2D eigenvalue weighted by molar-refractivity contribution is 7.07. The van der Waals surface area contributed by atoms with Crippen molar-refractivity contribution in [1.82, 2.24) is 4.90 Å². The average Bonchev–Trinajstić information content (AvgIpc) is 2.51. The van der Waals surface area contributed by atoms with Gasteiger partial charge in [0, 0.05) is 20.5 Å². The Labute approximate surface area is 76.8 Å². The molecule has 0 N–H and O–H groups in total. The maximum atomic E-state index is 11.2. The zero-order valence-corrected chi connectivity index (χ0v) is 8.23. The summed E-state index contributed by atoms with van der Waals surface area (Å²) in [4.78, 5) is 12.8. The molecule has 0 atom stereocenters. The fraction of sp³-hybridized carbons (Fsp3) is 0.444. The Kier molecular flexibility index (Phi) is 3.29. The first kappa shape index (κ1) is 9.26. The monoisotopic (exact) mass is 183 g/mol. The smallest absolute Gasteiger partial charge is 0.222 e. The minimum Gasteiger partial charge on any atom is -0.349 e. The molecule has 3 heteroatoms. The third kappa shape index (κ3) is 2.66.